The first-order chi connectivity index (χ1) is 8.33. The Morgan fingerprint density at radius 1 is 1.24 bits per heavy atom. The minimum atomic E-state index is 0.952. The van der Waals surface area contributed by atoms with E-state index in [9.17, 15) is 0 Å². The molecule has 2 heterocycles. The molecule has 0 spiro atoms. The fraction of sp³-hybridized carbons (Fsp3) is 0.429. The summed E-state index contributed by atoms with van der Waals surface area (Å²) in [5.74, 6) is 0. The van der Waals surface area contributed by atoms with Gasteiger partial charge in [0.05, 0.1) is 0 Å². The molecule has 0 aliphatic carbocycles. The van der Waals surface area contributed by atoms with E-state index < -0.39 is 0 Å². The van der Waals surface area contributed by atoms with Crippen LogP contribution in [0.25, 0.3) is 0 Å². The minimum Gasteiger partial charge on any atom is -0.354 e. The van der Waals surface area contributed by atoms with Gasteiger partial charge in [-0.05, 0) is 42.0 Å². The molecule has 0 saturated heterocycles. The van der Waals surface area contributed by atoms with Crippen molar-refractivity contribution in [1.82, 2.24) is 9.88 Å². The van der Waals surface area contributed by atoms with Crippen LogP contribution in [0.5, 0.6) is 0 Å². The molecule has 0 aliphatic heterocycles. The second-order valence-corrected chi connectivity index (χ2v) is 5.18. The Morgan fingerprint density at radius 2 is 2.12 bits per heavy atom. The Kier molecular flexibility index (Phi) is 4.40. The molecule has 3 heteroatoms. The Labute approximate surface area is 107 Å². The molecule has 0 bridgehead atoms. The van der Waals surface area contributed by atoms with Gasteiger partial charge in [0.2, 0.25) is 0 Å². The van der Waals surface area contributed by atoms with Crippen LogP contribution in [0.2, 0.25) is 0 Å². The number of hydrogen-bond acceptors (Lipinski definition) is 2. The molecular weight excluding hydrogens is 228 g/mol. The van der Waals surface area contributed by atoms with Crippen molar-refractivity contribution in [2.75, 3.05) is 0 Å². The van der Waals surface area contributed by atoms with Crippen molar-refractivity contribution < 1.29 is 0 Å². The van der Waals surface area contributed by atoms with Crippen LogP contribution in [-0.4, -0.2) is 4.57 Å². The van der Waals surface area contributed by atoms with Crippen LogP contribution in [0.3, 0.4) is 0 Å². The molecule has 0 atom stereocenters. The fourth-order valence-corrected chi connectivity index (χ4v) is 2.90. The summed E-state index contributed by atoms with van der Waals surface area (Å²) >= 11 is 1.85. The van der Waals surface area contributed by atoms with Gasteiger partial charge in [-0.2, -0.15) is 0 Å². The number of rotatable bonds is 6. The lowest BCUT2D eigenvalue weighted by molar-refractivity contribution is 0.691. The maximum Gasteiger partial charge on any atom is 0.0305 e. The summed E-state index contributed by atoms with van der Waals surface area (Å²) < 4.78 is 2.21. The molecule has 2 aromatic heterocycles. The summed E-state index contributed by atoms with van der Waals surface area (Å²) in [7, 11) is 0. The SMILES string of the molecule is CCc1ccsc1CNCc1ccn(CC)c1. The van der Waals surface area contributed by atoms with Crippen molar-refractivity contribution >= 4 is 11.3 Å². The summed E-state index contributed by atoms with van der Waals surface area (Å²) in [6.07, 6.45) is 5.48. The van der Waals surface area contributed by atoms with E-state index in [1.54, 1.807) is 0 Å². The Morgan fingerprint density at radius 3 is 2.82 bits per heavy atom. The lowest BCUT2D eigenvalue weighted by Gasteiger charge is -2.03. The highest BCUT2D eigenvalue weighted by molar-refractivity contribution is 7.10. The quantitative estimate of drug-likeness (QED) is 0.829. The third-order valence-corrected chi connectivity index (χ3v) is 3.97. The van der Waals surface area contributed by atoms with Crippen LogP contribution in [0.4, 0.5) is 0 Å². The first-order valence-corrected chi connectivity index (χ1v) is 7.12. The third kappa shape index (κ3) is 3.20. The summed E-state index contributed by atoms with van der Waals surface area (Å²) in [6, 6.07) is 4.42. The number of thiophene rings is 1. The molecule has 2 rings (SSSR count). The fourth-order valence-electron chi connectivity index (χ4n) is 1.95. The minimum absolute atomic E-state index is 0.952. The van der Waals surface area contributed by atoms with E-state index in [-0.39, 0.29) is 0 Å². The van der Waals surface area contributed by atoms with Gasteiger partial charge in [-0.15, -0.1) is 11.3 Å². The van der Waals surface area contributed by atoms with Crippen molar-refractivity contribution in [2.24, 2.45) is 0 Å². The molecule has 0 amide bonds. The van der Waals surface area contributed by atoms with E-state index in [1.165, 1.54) is 16.0 Å². The zero-order valence-electron chi connectivity index (χ0n) is 10.6. The van der Waals surface area contributed by atoms with Crippen molar-refractivity contribution in [1.29, 1.82) is 0 Å². The Hall–Kier alpha value is -1.06. The van der Waals surface area contributed by atoms with E-state index in [2.05, 4.69) is 53.6 Å². The second kappa shape index (κ2) is 6.03. The van der Waals surface area contributed by atoms with Crippen molar-refractivity contribution in [3.63, 3.8) is 0 Å². The van der Waals surface area contributed by atoms with Crippen LogP contribution in [0.15, 0.2) is 29.9 Å². The average molecular weight is 248 g/mol. The van der Waals surface area contributed by atoms with Gasteiger partial charge in [-0.1, -0.05) is 6.92 Å². The molecule has 0 saturated carbocycles. The van der Waals surface area contributed by atoms with Gasteiger partial charge in [0.1, 0.15) is 0 Å². The summed E-state index contributed by atoms with van der Waals surface area (Å²) in [5.41, 5.74) is 2.84. The van der Waals surface area contributed by atoms with E-state index in [0.717, 1.165) is 26.1 Å². The predicted octanol–water partition coefficient (Wildman–Crippen LogP) is 3.42. The smallest absolute Gasteiger partial charge is 0.0305 e. The van der Waals surface area contributed by atoms with E-state index in [0.29, 0.717) is 0 Å². The van der Waals surface area contributed by atoms with Gasteiger partial charge >= 0.3 is 0 Å². The van der Waals surface area contributed by atoms with Gasteiger partial charge in [0, 0.05) is 36.9 Å². The van der Waals surface area contributed by atoms with Crippen molar-refractivity contribution in [2.45, 2.75) is 39.9 Å². The summed E-state index contributed by atoms with van der Waals surface area (Å²) in [4.78, 5) is 1.47. The van der Waals surface area contributed by atoms with Crippen LogP contribution >= 0.6 is 11.3 Å². The Balaban J connectivity index is 1.83. The maximum atomic E-state index is 3.51. The molecule has 0 fully saturated rings. The third-order valence-electron chi connectivity index (χ3n) is 3.01. The largest absolute Gasteiger partial charge is 0.354 e. The van der Waals surface area contributed by atoms with Gasteiger partial charge in [0.25, 0.3) is 0 Å². The molecule has 2 nitrogen and oxygen atoms in total. The molecule has 0 aromatic carbocycles. The van der Waals surface area contributed by atoms with Gasteiger partial charge in [-0.25, -0.2) is 0 Å². The first-order valence-electron chi connectivity index (χ1n) is 6.24. The number of nitrogens with zero attached hydrogens (tertiary/aromatic N) is 1. The summed E-state index contributed by atoms with van der Waals surface area (Å²) in [6.45, 7) is 7.36. The maximum absolute atomic E-state index is 3.51. The molecule has 92 valence electrons. The number of aromatic nitrogens is 1. The van der Waals surface area contributed by atoms with Gasteiger partial charge in [0.15, 0.2) is 0 Å². The zero-order valence-corrected chi connectivity index (χ0v) is 11.4. The monoisotopic (exact) mass is 248 g/mol. The van der Waals surface area contributed by atoms with Crippen molar-refractivity contribution in [3.05, 3.63) is 45.9 Å². The van der Waals surface area contributed by atoms with E-state index in [4.69, 9.17) is 0 Å². The van der Waals surface area contributed by atoms with E-state index >= 15 is 0 Å². The average Bonchev–Trinajstić information content (AvgIpc) is 2.97. The van der Waals surface area contributed by atoms with Gasteiger partial charge in [-0.3, -0.25) is 0 Å². The number of aryl methyl sites for hydroxylation is 2. The highest BCUT2D eigenvalue weighted by Gasteiger charge is 2.02. The lowest BCUT2D eigenvalue weighted by Crippen LogP contribution is -2.12. The lowest BCUT2D eigenvalue weighted by atomic mass is 10.2. The number of nitrogens with one attached hydrogen (secondary N) is 1. The highest BCUT2D eigenvalue weighted by Crippen LogP contribution is 2.17. The predicted molar refractivity (Wildman–Crippen MR) is 74.3 cm³/mol. The normalized spacial score (nSPS) is 10.9. The summed E-state index contributed by atoms with van der Waals surface area (Å²) in [5, 5.41) is 5.70. The van der Waals surface area contributed by atoms with Gasteiger partial charge < -0.3 is 9.88 Å². The molecule has 2 aromatic rings. The van der Waals surface area contributed by atoms with Crippen molar-refractivity contribution in [3.8, 4) is 0 Å². The molecule has 0 radical (unpaired) electrons. The van der Waals surface area contributed by atoms with Crippen LogP contribution in [0.1, 0.15) is 29.9 Å². The topological polar surface area (TPSA) is 17.0 Å². The zero-order chi connectivity index (χ0) is 12.1. The molecule has 1 N–H and O–H groups in total. The van der Waals surface area contributed by atoms with Crippen LogP contribution < -0.4 is 5.32 Å². The standard InChI is InChI=1S/C14H20N2S/c1-3-13-6-8-17-14(13)10-15-9-12-5-7-16(4-2)11-12/h5-8,11,15H,3-4,9-10H2,1-2H3. The second-order valence-electron chi connectivity index (χ2n) is 4.18. The molecular formula is C14H20N2S. The van der Waals surface area contributed by atoms with E-state index in [1.807, 2.05) is 11.3 Å². The molecule has 17 heavy (non-hydrogen) atoms. The Bertz CT molecular complexity index is 456. The molecule has 0 unspecified atom stereocenters. The first kappa shape index (κ1) is 12.4. The molecule has 0 aliphatic rings. The number of hydrogen-bond donors (Lipinski definition) is 1. The van der Waals surface area contributed by atoms with Crippen LogP contribution in [-0.2, 0) is 26.1 Å². The van der Waals surface area contributed by atoms with Crippen LogP contribution in [0, 0.1) is 0 Å². The highest BCUT2D eigenvalue weighted by atomic mass is 32.1.